The van der Waals surface area contributed by atoms with Crippen LogP contribution in [0.4, 0.5) is 5.13 Å². The van der Waals surface area contributed by atoms with Crippen LogP contribution in [-0.2, 0) is 11.2 Å². The molecule has 0 saturated heterocycles. The van der Waals surface area contributed by atoms with Crippen molar-refractivity contribution in [3.05, 3.63) is 29.8 Å². The molecule has 0 fully saturated rings. The second kappa shape index (κ2) is 7.84. The van der Waals surface area contributed by atoms with Crippen LogP contribution in [0.1, 0.15) is 5.56 Å². The molecule has 0 aliphatic carbocycles. The van der Waals surface area contributed by atoms with Gasteiger partial charge in [-0.1, -0.05) is 41.3 Å². The molecule has 0 radical (unpaired) electrons. The number of para-hydroxylation sites is 1. The van der Waals surface area contributed by atoms with Crippen LogP contribution in [-0.4, -0.2) is 40.7 Å². The van der Waals surface area contributed by atoms with Crippen molar-refractivity contribution in [3.63, 3.8) is 0 Å². The molecule has 2 N–H and O–H groups in total. The van der Waals surface area contributed by atoms with Crippen molar-refractivity contribution < 1.29 is 14.6 Å². The maximum atomic E-state index is 10.5. The van der Waals surface area contributed by atoms with E-state index in [1.807, 2.05) is 24.3 Å². The maximum Gasteiger partial charge on any atom is 0.313 e. The van der Waals surface area contributed by atoms with Crippen LogP contribution < -0.4 is 10.1 Å². The number of carboxylic acids is 1. The quantitative estimate of drug-likeness (QED) is 0.721. The van der Waals surface area contributed by atoms with Crippen LogP contribution in [0.25, 0.3) is 0 Å². The molecule has 1 heterocycles. The van der Waals surface area contributed by atoms with Crippen LogP contribution in [0.5, 0.6) is 5.75 Å². The Hall–Kier alpha value is -1.80. The second-order valence-corrected chi connectivity index (χ2v) is 6.24. The smallest absolute Gasteiger partial charge is 0.313 e. The number of aromatic nitrogens is 2. The third-order valence-corrected chi connectivity index (χ3v) is 4.59. The number of hydrogen-bond acceptors (Lipinski definition) is 7. The van der Waals surface area contributed by atoms with E-state index in [1.54, 1.807) is 7.11 Å². The van der Waals surface area contributed by atoms with Gasteiger partial charge in [-0.2, -0.15) is 0 Å². The zero-order valence-corrected chi connectivity index (χ0v) is 13.0. The molecule has 0 bridgehead atoms. The summed E-state index contributed by atoms with van der Waals surface area (Å²) in [6.45, 7) is 0.707. The van der Waals surface area contributed by atoms with E-state index in [-0.39, 0.29) is 5.75 Å². The van der Waals surface area contributed by atoms with Gasteiger partial charge in [-0.05, 0) is 18.1 Å². The normalized spacial score (nSPS) is 10.3. The molecule has 0 atom stereocenters. The number of nitrogens with one attached hydrogen (secondary N) is 1. The Bertz CT molecular complexity index is 604. The minimum atomic E-state index is -0.860. The summed E-state index contributed by atoms with van der Waals surface area (Å²) < 4.78 is 5.94. The molecule has 2 aromatic rings. The molecule has 0 spiro atoms. The van der Waals surface area contributed by atoms with E-state index in [4.69, 9.17) is 9.84 Å². The van der Waals surface area contributed by atoms with Gasteiger partial charge >= 0.3 is 5.97 Å². The zero-order valence-electron chi connectivity index (χ0n) is 11.4. The Morgan fingerprint density at radius 2 is 2.24 bits per heavy atom. The van der Waals surface area contributed by atoms with Crippen LogP contribution in [0, 0.1) is 0 Å². The van der Waals surface area contributed by atoms with E-state index in [2.05, 4.69) is 15.5 Å². The Kier molecular flexibility index (Phi) is 5.82. The molecular weight excluding hydrogens is 310 g/mol. The first-order valence-corrected chi connectivity index (χ1v) is 8.03. The first kappa shape index (κ1) is 15.6. The van der Waals surface area contributed by atoms with Crippen LogP contribution in [0.3, 0.4) is 0 Å². The Morgan fingerprint density at radius 1 is 1.43 bits per heavy atom. The lowest BCUT2D eigenvalue weighted by Crippen LogP contribution is -2.05. The van der Waals surface area contributed by atoms with Crippen molar-refractivity contribution in [1.82, 2.24) is 10.2 Å². The number of carbonyl (C=O) groups is 1. The lowest BCUT2D eigenvalue weighted by atomic mass is 10.1. The summed E-state index contributed by atoms with van der Waals surface area (Å²) in [6, 6.07) is 7.87. The first-order chi connectivity index (χ1) is 10.2. The molecule has 1 aromatic carbocycles. The summed E-state index contributed by atoms with van der Waals surface area (Å²) in [6.07, 6.45) is 0.807. The third kappa shape index (κ3) is 4.91. The molecule has 6 nitrogen and oxygen atoms in total. The van der Waals surface area contributed by atoms with Crippen LogP contribution in [0.15, 0.2) is 28.6 Å². The van der Waals surface area contributed by atoms with Gasteiger partial charge in [0.15, 0.2) is 4.34 Å². The van der Waals surface area contributed by atoms with Gasteiger partial charge in [0.25, 0.3) is 0 Å². The SMILES string of the molecule is COc1ccccc1CCNc1nnc(SCC(=O)O)s1. The van der Waals surface area contributed by atoms with E-state index in [1.165, 1.54) is 23.1 Å². The minimum Gasteiger partial charge on any atom is -0.496 e. The molecule has 112 valence electrons. The Balaban J connectivity index is 1.82. The number of anilines is 1. The van der Waals surface area contributed by atoms with Gasteiger partial charge in [0.05, 0.1) is 12.9 Å². The number of benzene rings is 1. The summed E-state index contributed by atoms with van der Waals surface area (Å²) in [5.41, 5.74) is 1.12. The maximum absolute atomic E-state index is 10.5. The van der Waals surface area contributed by atoms with Gasteiger partial charge < -0.3 is 15.2 Å². The number of ether oxygens (including phenoxy) is 1. The number of carboxylic acid groups (broad SMARTS) is 1. The molecule has 2 rings (SSSR count). The fourth-order valence-corrected chi connectivity index (χ4v) is 3.17. The Morgan fingerprint density at radius 3 is 3.00 bits per heavy atom. The predicted molar refractivity (Wildman–Crippen MR) is 83.5 cm³/mol. The van der Waals surface area contributed by atoms with Crippen molar-refractivity contribution in [2.45, 2.75) is 10.8 Å². The van der Waals surface area contributed by atoms with Gasteiger partial charge in [0.2, 0.25) is 5.13 Å². The summed E-state index contributed by atoms with van der Waals surface area (Å²) >= 11 is 2.53. The lowest BCUT2D eigenvalue weighted by Gasteiger charge is -2.07. The number of hydrogen-bond donors (Lipinski definition) is 2. The highest BCUT2D eigenvalue weighted by Crippen LogP contribution is 2.25. The van der Waals surface area contributed by atoms with Gasteiger partial charge in [-0.25, -0.2) is 0 Å². The highest BCUT2D eigenvalue weighted by Gasteiger charge is 2.07. The third-order valence-electron chi connectivity index (χ3n) is 2.59. The summed E-state index contributed by atoms with van der Waals surface area (Å²) in [5.74, 6) is 0.00528. The van der Waals surface area contributed by atoms with Gasteiger partial charge in [-0.3, -0.25) is 4.79 Å². The van der Waals surface area contributed by atoms with E-state index < -0.39 is 5.97 Å². The standard InChI is InChI=1S/C13H15N3O3S2/c1-19-10-5-3-2-4-9(10)6-7-14-12-15-16-13(21-12)20-8-11(17)18/h2-5H,6-8H2,1H3,(H,14,15)(H,17,18). The molecule has 0 unspecified atom stereocenters. The fraction of sp³-hybridized carbons (Fsp3) is 0.308. The van der Waals surface area contributed by atoms with Crippen molar-refractivity contribution in [2.24, 2.45) is 0 Å². The molecule has 0 saturated carbocycles. The number of aliphatic carboxylic acids is 1. The highest BCUT2D eigenvalue weighted by molar-refractivity contribution is 8.01. The number of thioether (sulfide) groups is 1. The summed E-state index contributed by atoms with van der Waals surface area (Å²) in [5, 5.41) is 20.4. The zero-order chi connectivity index (χ0) is 15.1. The molecule has 1 aromatic heterocycles. The Labute approximate surface area is 130 Å². The molecule has 0 aliphatic heterocycles. The van der Waals surface area contributed by atoms with E-state index >= 15 is 0 Å². The number of nitrogens with zero attached hydrogens (tertiary/aromatic N) is 2. The van der Waals surface area contributed by atoms with Gasteiger partial charge in [0.1, 0.15) is 5.75 Å². The molecule has 0 amide bonds. The van der Waals surface area contributed by atoms with E-state index in [9.17, 15) is 4.79 Å². The minimum absolute atomic E-state index is 0.00412. The van der Waals surface area contributed by atoms with Crippen LogP contribution >= 0.6 is 23.1 Å². The molecular formula is C13H15N3O3S2. The van der Waals surface area contributed by atoms with E-state index in [0.717, 1.165) is 17.7 Å². The topological polar surface area (TPSA) is 84.3 Å². The summed E-state index contributed by atoms with van der Waals surface area (Å²) in [4.78, 5) is 10.5. The number of methoxy groups -OCH3 is 1. The van der Waals surface area contributed by atoms with Crippen LogP contribution in [0.2, 0.25) is 0 Å². The summed E-state index contributed by atoms with van der Waals surface area (Å²) in [7, 11) is 1.66. The number of rotatable bonds is 8. The van der Waals surface area contributed by atoms with E-state index in [0.29, 0.717) is 16.0 Å². The van der Waals surface area contributed by atoms with Crippen molar-refractivity contribution in [1.29, 1.82) is 0 Å². The lowest BCUT2D eigenvalue weighted by molar-refractivity contribution is -0.133. The van der Waals surface area contributed by atoms with Gasteiger partial charge in [-0.15, -0.1) is 10.2 Å². The average Bonchev–Trinajstić information content (AvgIpc) is 2.93. The highest BCUT2D eigenvalue weighted by atomic mass is 32.2. The monoisotopic (exact) mass is 325 g/mol. The molecule has 8 heteroatoms. The second-order valence-electron chi connectivity index (χ2n) is 4.04. The fourth-order valence-electron chi connectivity index (χ4n) is 1.68. The van der Waals surface area contributed by atoms with Crippen molar-refractivity contribution in [2.75, 3.05) is 24.7 Å². The molecule has 0 aliphatic rings. The first-order valence-electron chi connectivity index (χ1n) is 6.23. The van der Waals surface area contributed by atoms with Crippen molar-refractivity contribution >= 4 is 34.2 Å². The predicted octanol–water partition coefficient (Wildman–Crippen LogP) is 2.38. The van der Waals surface area contributed by atoms with Gasteiger partial charge in [0, 0.05) is 6.54 Å². The molecule has 21 heavy (non-hydrogen) atoms. The largest absolute Gasteiger partial charge is 0.496 e. The van der Waals surface area contributed by atoms with Crippen molar-refractivity contribution in [3.8, 4) is 5.75 Å². The average molecular weight is 325 g/mol.